The van der Waals surface area contributed by atoms with Gasteiger partial charge in [0.25, 0.3) is 0 Å². The van der Waals surface area contributed by atoms with Gasteiger partial charge in [0, 0.05) is 17.6 Å². The average Bonchev–Trinajstić information content (AvgIpc) is 2.98. The first kappa shape index (κ1) is 13.8. The summed E-state index contributed by atoms with van der Waals surface area (Å²) in [4.78, 5) is 15.7. The first-order chi connectivity index (χ1) is 10.1. The standard InChI is InChI=1S/C13H10ClN3O3S/c1-8-2-3-9(17(18)19)11(6-8)20-12-10(7-14)16-4-5-21-13(16)15-12/h2-6H,7H2,1H3. The number of fused-ring (bicyclic) bond motifs is 1. The number of imidazole rings is 1. The first-order valence-corrected chi connectivity index (χ1v) is 7.45. The van der Waals surface area contributed by atoms with Crippen molar-refractivity contribution in [3.63, 3.8) is 0 Å². The zero-order valence-electron chi connectivity index (χ0n) is 10.9. The zero-order valence-corrected chi connectivity index (χ0v) is 12.5. The van der Waals surface area contributed by atoms with Crippen LogP contribution in [0.3, 0.4) is 0 Å². The molecule has 3 aromatic rings. The van der Waals surface area contributed by atoms with E-state index in [2.05, 4.69) is 4.98 Å². The predicted octanol–water partition coefficient (Wildman–Crippen LogP) is 4.14. The number of ether oxygens (including phenoxy) is 1. The number of thiazole rings is 1. The van der Waals surface area contributed by atoms with Crippen LogP contribution in [-0.2, 0) is 5.88 Å². The number of aromatic nitrogens is 2. The highest BCUT2D eigenvalue weighted by Gasteiger charge is 2.20. The molecular weight excluding hydrogens is 314 g/mol. The summed E-state index contributed by atoms with van der Waals surface area (Å²) in [6, 6.07) is 4.70. The maximum Gasteiger partial charge on any atom is 0.311 e. The van der Waals surface area contributed by atoms with Gasteiger partial charge < -0.3 is 4.74 Å². The second-order valence-electron chi connectivity index (χ2n) is 4.38. The number of rotatable bonds is 4. The SMILES string of the molecule is Cc1ccc([N+](=O)[O-])c(Oc2nc3sccn3c2CCl)c1. The molecule has 0 saturated heterocycles. The third-order valence-corrected chi connectivity index (χ3v) is 3.98. The number of alkyl halides is 1. The third kappa shape index (κ3) is 2.45. The molecule has 8 heteroatoms. The largest absolute Gasteiger partial charge is 0.430 e. The van der Waals surface area contributed by atoms with Crippen LogP contribution in [0.4, 0.5) is 5.69 Å². The summed E-state index contributed by atoms with van der Waals surface area (Å²) in [5.41, 5.74) is 1.44. The van der Waals surface area contributed by atoms with Gasteiger partial charge in [-0.15, -0.1) is 22.9 Å². The minimum absolute atomic E-state index is 0.0996. The molecule has 0 bridgehead atoms. The number of nitro groups is 1. The molecule has 2 heterocycles. The summed E-state index contributed by atoms with van der Waals surface area (Å²) in [6.45, 7) is 1.84. The number of aryl methyl sites for hydroxylation is 1. The van der Waals surface area contributed by atoms with Crippen molar-refractivity contribution in [2.45, 2.75) is 12.8 Å². The van der Waals surface area contributed by atoms with Gasteiger partial charge >= 0.3 is 5.69 Å². The Hall–Kier alpha value is -2.12. The quantitative estimate of drug-likeness (QED) is 0.411. The average molecular weight is 324 g/mol. The van der Waals surface area contributed by atoms with E-state index >= 15 is 0 Å². The van der Waals surface area contributed by atoms with Crippen molar-refractivity contribution in [1.82, 2.24) is 9.38 Å². The van der Waals surface area contributed by atoms with Gasteiger partial charge in [-0.2, -0.15) is 4.98 Å². The Kier molecular flexibility index (Phi) is 3.52. The molecule has 0 fully saturated rings. The number of benzene rings is 1. The van der Waals surface area contributed by atoms with E-state index < -0.39 is 4.92 Å². The van der Waals surface area contributed by atoms with Gasteiger partial charge in [0.05, 0.1) is 10.8 Å². The summed E-state index contributed by atoms with van der Waals surface area (Å²) >= 11 is 7.38. The molecule has 1 aromatic carbocycles. The number of halogens is 1. The molecule has 0 amide bonds. The Morgan fingerprint density at radius 3 is 3.05 bits per heavy atom. The summed E-state index contributed by atoms with van der Waals surface area (Å²) in [7, 11) is 0. The maximum absolute atomic E-state index is 11.1. The highest BCUT2D eigenvalue weighted by Crippen LogP contribution is 2.34. The lowest BCUT2D eigenvalue weighted by atomic mass is 10.2. The third-order valence-electron chi connectivity index (χ3n) is 2.97. The van der Waals surface area contributed by atoms with Crippen molar-refractivity contribution in [3.8, 4) is 11.6 Å². The van der Waals surface area contributed by atoms with E-state index in [-0.39, 0.29) is 17.3 Å². The van der Waals surface area contributed by atoms with Crippen molar-refractivity contribution in [3.05, 3.63) is 51.1 Å². The summed E-state index contributed by atoms with van der Waals surface area (Å²) in [5.74, 6) is 0.662. The number of nitro benzene ring substituents is 1. The molecular formula is C13H10ClN3O3S. The van der Waals surface area contributed by atoms with Crippen molar-refractivity contribution in [2.75, 3.05) is 0 Å². The second-order valence-corrected chi connectivity index (χ2v) is 5.52. The molecule has 0 aliphatic heterocycles. The fourth-order valence-corrected chi connectivity index (χ4v) is 2.94. The summed E-state index contributed by atoms with van der Waals surface area (Å²) in [5, 5.41) is 13.0. The molecule has 0 radical (unpaired) electrons. The van der Waals surface area contributed by atoms with Crippen molar-refractivity contribution < 1.29 is 9.66 Å². The van der Waals surface area contributed by atoms with E-state index in [1.54, 1.807) is 12.1 Å². The number of hydrogen-bond acceptors (Lipinski definition) is 5. The Morgan fingerprint density at radius 1 is 1.52 bits per heavy atom. The predicted molar refractivity (Wildman–Crippen MR) is 80.5 cm³/mol. The normalized spacial score (nSPS) is 11.0. The van der Waals surface area contributed by atoms with Gasteiger partial charge in [-0.05, 0) is 18.6 Å². The Balaban J connectivity index is 2.07. The molecule has 0 spiro atoms. The van der Waals surface area contributed by atoms with Crippen LogP contribution >= 0.6 is 22.9 Å². The van der Waals surface area contributed by atoms with Crippen LogP contribution in [0.1, 0.15) is 11.3 Å². The van der Waals surface area contributed by atoms with Crippen LogP contribution in [-0.4, -0.2) is 14.3 Å². The Morgan fingerprint density at radius 2 is 2.33 bits per heavy atom. The van der Waals surface area contributed by atoms with Gasteiger partial charge in [0.1, 0.15) is 5.69 Å². The van der Waals surface area contributed by atoms with Gasteiger partial charge in [-0.1, -0.05) is 6.07 Å². The topological polar surface area (TPSA) is 69.7 Å². The van der Waals surface area contributed by atoms with E-state index in [1.165, 1.54) is 17.4 Å². The van der Waals surface area contributed by atoms with Crippen LogP contribution in [0.15, 0.2) is 29.8 Å². The lowest BCUT2D eigenvalue weighted by molar-refractivity contribution is -0.385. The van der Waals surface area contributed by atoms with Gasteiger partial charge in [0.2, 0.25) is 11.6 Å². The first-order valence-electron chi connectivity index (χ1n) is 6.03. The molecule has 0 N–H and O–H groups in total. The van der Waals surface area contributed by atoms with Crippen LogP contribution in [0, 0.1) is 17.0 Å². The molecule has 0 aliphatic carbocycles. The van der Waals surface area contributed by atoms with Crippen molar-refractivity contribution in [1.29, 1.82) is 0 Å². The summed E-state index contributed by atoms with van der Waals surface area (Å²) in [6.07, 6.45) is 1.84. The van der Waals surface area contributed by atoms with E-state index in [0.29, 0.717) is 11.6 Å². The van der Waals surface area contributed by atoms with Crippen LogP contribution < -0.4 is 4.74 Å². The molecule has 0 saturated carbocycles. The molecule has 3 rings (SSSR count). The summed E-state index contributed by atoms with van der Waals surface area (Å²) < 4.78 is 7.48. The molecule has 2 aromatic heterocycles. The van der Waals surface area contributed by atoms with E-state index in [1.807, 2.05) is 22.9 Å². The van der Waals surface area contributed by atoms with Crippen molar-refractivity contribution >= 4 is 33.6 Å². The van der Waals surface area contributed by atoms with Gasteiger partial charge in [-0.25, -0.2) is 0 Å². The minimum atomic E-state index is -0.479. The van der Waals surface area contributed by atoms with E-state index in [9.17, 15) is 10.1 Å². The lowest BCUT2D eigenvalue weighted by Crippen LogP contribution is -1.96. The lowest BCUT2D eigenvalue weighted by Gasteiger charge is -2.06. The zero-order chi connectivity index (χ0) is 15.0. The highest BCUT2D eigenvalue weighted by molar-refractivity contribution is 7.15. The Labute approximate surface area is 128 Å². The minimum Gasteiger partial charge on any atom is -0.430 e. The fraction of sp³-hybridized carbons (Fsp3) is 0.154. The second kappa shape index (κ2) is 5.34. The molecule has 6 nitrogen and oxygen atoms in total. The van der Waals surface area contributed by atoms with Gasteiger partial charge in [0.15, 0.2) is 4.96 Å². The van der Waals surface area contributed by atoms with E-state index in [0.717, 1.165) is 10.5 Å². The monoisotopic (exact) mass is 323 g/mol. The Bertz CT molecular complexity index is 827. The molecule has 0 atom stereocenters. The van der Waals surface area contributed by atoms with Gasteiger partial charge in [-0.3, -0.25) is 14.5 Å². The highest BCUT2D eigenvalue weighted by atomic mass is 35.5. The molecule has 108 valence electrons. The maximum atomic E-state index is 11.1. The number of hydrogen-bond donors (Lipinski definition) is 0. The molecule has 0 aliphatic rings. The molecule has 0 unspecified atom stereocenters. The van der Waals surface area contributed by atoms with Crippen LogP contribution in [0.2, 0.25) is 0 Å². The molecule has 21 heavy (non-hydrogen) atoms. The number of nitrogens with zero attached hydrogens (tertiary/aromatic N) is 3. The fourth-order valence-electron chi connectivity index (χ4n) is 1.97. The smallest absolute Gasteiger partial charge is 0.311 e. The van der Waals surface area contributed by atoms with Crippen LogP contribution in [0.5, 0.6) is 11.6 Å². The van der Waals surface area contributed by atoms with E-state index in [4.69, 9.17) is 16.3 Å². The van der Waals surface area contributed by atoms with Crippen LogP contribution in [0.25, 0.3) is 4.96 Å². The van der Waals surface area contributed by atoms with Crippen molar-refractivity contribution in [2.24, 2.45) is 0 Å².